The maximum Gasteiger partial charge on any atom is 0.242 e. The van der Waals surface area contributed by atoms with E-state index in [1.807, 2.05) is 6.07 Å². The van der Waals surface area contributed by atoms with Crippen LogP contribution in [-0.2, 0) is 16.4 Å². The number of pyridine rings is 1. The number of benzene rings is 1. The molecule has 20 heavy (non-hydrogen) atoms. The van der Waals surface area contributed by atoms with Gasteiger partial charge in [-0.15, -0.1) is 0 Å². The van der Waals surface area contributed by atoms with Gasteiger partial charge in [-0.1, -0.05) is 29.3 Å². The average molecular weight is 331 g/mol. The van der Waals surface area contributed by atoms with E-state index in [0.717, 1.165) is 5.56 Å². The van der Waals surface area contributed by atoms with Crippen molar-refractivity contribution in [2.45, 2.75) is 11.3 Å². The molecule has 0 bridgehead atoms. The van der Waals surface area contributed by atoms with Crippen LogP contribution in [-0.4, -0.2) is 19.9 Å². The second-order valence-corrected chi connectivity index (χ2v) is 6.67. The lowest BCUT2D eigenvalue weighted by Gasteiger charge is -2.07. The Balaban J connectivity index is 1.97. The van der Waals surface area contributed by atoms with E-state index in [2.05, 4.69) is 9.71 Å². The van der Waals surface area contributed by atoms with Gasteiger partial charge in [-0.3, -0.25) is 4.98 Å². The molecule has 0 amide bonds. The van der Waals surface area contributed by atoms with Crippen molar-refractivity contribution in [1.29, 1.82) is 0 Å². The fourth-order valence-corrected chi connectivity index (χ4v) is 2.93. The molecule has 106 valence electrons. The summed E-state index contributed by atoms with van der Waals surface area (Å²) in [4.78, 5) is 3.93. The Kier molecular flexibility index (Phi) is 4.99. The molecule has 4 nitrogen and oxygen atoms in total. The predicted octanol–water partition coefficient (Wildman–Crippen LogP) is 2.91. The molecule has 0 saturated heterocycles. The molecule has 0 radical (unpaired) electrons. The lowest BCUT2D eigenvalue weighted by molar-refractivity contribution is 0.581. The highest BCUT2D eigenvalue weighted by Gasteiger charge is 2.12. The molecule has 0 atom stereocenters. The van der Waals surface area contributed by atoms with E-state index in [1.165, 1.54) is 18.5 Å². The second-order valence-electron chi connectivity index (χ2n) is 4.08. The van der Waals surface area contributed by atoms with Crippen LogP contribution < -0.4 is 4.72 Å². The minimum atomic E-state index is -3.52. The third-order valence-electron chi connectivity index (χ3n) is 2.63. The van der Waals surface area contributed by atoms with E-state index in [1.54, 1.807) is 18.2 Å². The van der Waals surface area contributed by atoms with Gasteiger partial charge >= 0.3 is 0 Å². The molecular weight excluding hydrogens is 319 g/mol. The van der Waals surface area contributed by atoms with E-state index < -0.39 is 10.0 Å². The van der Waals surface area contributed by atoms with E-state index >= 15 is 0 Å². The Morgan fingerprint density at radius 1 is 1.15 bits per heavy atom. The Hall–Kier alpha value is -1.14. The van der Waals surface area contributed by atoms with Crippen LogP contribution in [0.5, 0.6) is 0 Å². The molecule has 2 aromatic rings. The summed E-state index contributed by atoms with van der Waals surface area (Å²) in [5, 5.41) is 0.936. The highest BCUT2D eigenvalue weighted by atomic mass is 35.5. The summed E-state index contributed by atoms with van der Waals surface area (Å²) < 4.78 is 26.4. The van der Waals surface area contributed by atoms with Crippen molar-refractivity contribution in [3.63, 3.8) is 0 Å². The van der Waals surface area contributed by atoms with Gasteiger partial charge in [0.05, 0.1) is 10.0 Å². The number of nitrogens with zero attached hydrogens (tertiary/aromatic N) is 1. The number of nitrogens with one attached hydrogen (secondary N) is 1. The minimum Gasteiger partial charge on any atom is -0.263 e. The SMILES string of the molecule is O=S(=O)(NCCc1ccc(Cl)c(Cl)c1)c1cccnc1. The lowest BCUT2D eigenvalue weighted by Crippen LogP contribution is -2.26. The van der Waals surface area contributed by atoms with Crippen LogP contribution in [0.15, 0.2) is 47.6 Å². The molecule has 1 heterocycles. The van der Waals surface area contributed by atoms with Crippen molar-refractivity contribution in [1.82, 2.24) is 9.71 Å². The average Bonchev–Trinajstić information content (AvgIpc) is 2.44. The zero-order valence-electron chi connectivity index (χ0n) is 10.4. The highest BCUT2D eigenvalue weighted by Crippen LogP contribution is 2.22. The van der Waals surface area contributed by atoms with Gasteiger partial charge < -0.3 is 0 Å². The zero-order valence-corrected chi connectivity index (χ0v) is 12.7. The van der Waals surface area contributed by atoms with Crippen molar-refractivity contribution in [2.24, 2.45) is 0 Å². The van der Waals surface area contributed by atoms with Crippen molar-refractivity contribution in [2.75, 3.05) is 6.54 Å². The van der Waals surface area contributed by atoms with Crippen LogP contribution in [0, 0.1) is 0 Å². The summed E-state index contributed by atoms with van der Waals surface area (Å²) in [5.41, 5.74) is 0.910. The zero-order chi connectivity index (χ0) is 14.6. The predicted molar refractivity (Wildman–Crippen MR) is 79.6 cm³/mol. The molecule has 1 aromatic carbocycles. The van der Waals surface area contributed by atoms with Gasteiger partial charge in [-0.2, -0.15) is 0 Å². The highest BCUT2D eigenvalue weighted by molar-refractivity contribution is 7.89. The van der Waals surface area contributed by atoms with Crippen LogP contribution >= 0.6 is 23.2 Å². The second kappa shape index (κ2) is 6.54. The Morgan fingerprint density at radius 3 is 2.60 bits per heavy atom. The van der Waals surface area contributed by atoms with E-state index in [0.29, 0.717) is 16.5 Å². The molecule has 7 heteroatoms. The van der Waals surface area contributed by atoms with Gasteiger partial charge in [-0.05, 0) is 36.2 Å². The molecular formula is C13H12Cl2N2O2S. The van der Waals surface area contributed by atoms with Gasteiger partial charge in [0.15, 0.2) is 0 Å². The Morgan fingerprint density at radius 2 is 1.95 bits per heavy atom. The topological polar surface area (TPSA) is 59.1 Å². The van der Waals surface area contributed by atoms with Crippen molar-refractivity contribution >= 4 is 33.2 Å². The molecule has 0 aliphatic heterocycles. The third-order valence-corrected chi connectivity index (χ3v) is 4.82. The monoisotopic (exact) mass is 330 g/mol. The summed E-state index contributed by atoms with van der Waals surface area (Å²) >= 11 is 11.7. The third kappa shape index (κ3) is 3.93. The first kappa shape index (κ1) is 15.3. The summed E-state index contributed by atoms with van der Waals surface area (Å²) in [6.07, 6.45) is 3.35. The summed E-state index contributed by atoms with van der Waals surface area (Å²) in [6, 6.07) is 8.30. The Bertz CT molecular complexity index is 691. The summed E-state index contributed by atoms with van der Waals surface area (Å²) in [5.74, 6) is 0. The largest absolute Gasteiger partial charge is 0.263 e. The standard InChI is InChI=1S/C13H12Cl2N2O2S/c14-12-4-3-10(8-13(12)15)5-7-17-20(18,19)11-2-1-6-16-9-11/h1-4,6,8-9,17H,5,7H2. The quantitative estimate of drug-likeness (QED) is 0.916. The molecule has 1 aromatic heterocycles. The van der Waals surface area contributed by atoms with Crippen LogP contribution in [0.25, 0.3) is 0 Å². The number of rotatable bonds is 5. The van der Waals surface area contributed by atoms with Crippen LogP contribution in [0.4, 0.5) is 0 Å². The molecule has 0 aliphatic rings. The van der Waals surface area contributed by atoms with Gasteiger partial charge in [0, 0.05) is 18.9 Å². The van der Waals surface area contributed by atoms with Crippen LogP contribution in [0.2, 0.25) is 10.0 Å². The fraction of sp³-hybridized carbons (Fsp3) is 0.154. The van der Waals surface area contributed by atoms with Gasteiger partial charge in [-0.25, -0.2) is 13.1 Å². The molecule has 0 spiro atoms. The first-order valence-corrected chi connectivity index (χ1v) is 8.06. The number of aromatic nitrogens is 1. The minimum absolute atomic E-state index is 0.147. The van der Waals surface area contributed by atoms with Crippen molar-refractivity contribution in [3.8, 4) is 0 Å². The number of hydrogen-bond donors (Lipinski definition) is 1. The van der Waals surface area contributed by atoms with Crippen molar-refractivity contribution < 1.29 is 8.42 Å². The molecule has 0 fully saturated rings. The molecule has 0 aliphatic carbocycles. The van der Waals surface area contributed by atoms with E-state index in [-0.39, 0.29) is 11.4 Å². The maximum atomic E-state index is 11.9. The number of hydrogen-bond acceptors (Lipinski definition) is 3. The molecule has 1 N–H and O–H groups in total. The van der Waals surface area contributed by atoms with E-state index in [9.17, 15) is 8.42 Å². The van der Waals surface area contributed by atoms with Gasteiger partial charge in [0.25, 0.3) is 0 Å². The summed E-state index contributed by atoms with van der Waals surface area (Å²) in [6.45, 7) is 0.273. The normalized spacial score (nSPS) is 11.5. The molecule has 2 rings (SSSR count). The summed E-state index contributed by atoms with van der Waals surface area (Å²) in [7, 11) is -3.52. The first-order chi connectivity index (χ1) is 9.49. The maximum absolute atomic E-state index is 11.9. The number of halogens is 2. The van der Waals surface area contributed by atoms with Crippen LogP contribution in [0.1, 0.15) is 5.56 Å². The first-order valence-electron chi connectivity index (χ1n) is 5.83. The van der Waals surface area contributed by atoms with E-state index in [4.69, 9.17) is 23.2 Å². The molecule has 0 unspecified atom stereocenters. The number of sulfonamides is 1. The smallest absolute Gasteiger partial charge is 0.242 e. The van der Waals surface area contributed by atoms with Gasteiger partial charge in [0.2, 0.25) is 10.0 Å². The fourth-order valence-electron chi connectivity index (χ4n) is 1.61. The lowest BCUT2D eigenvalue weighted by atomic mass is 10.1. The van der Waals surface area contributed by atoms with Crippen molar-refractivity contribution in [3.05, 3.63) is 58.3 Å². The van der Waals surface area contributed by atoms with Gasteiger partial charge in [0.1, 0.15) is 4.90 Å². The molecule has 0 saturated carbocycles. The Labute approximate surface area is 127 Å². The van der Waals surface area contributed by atoms with Crippen LogP contribution in [0.3, 0.4) is 0 Å².